The zero-order chi connectivity index (χ0) is 14.7. The van der Waals surface area contributed by atoms with Crippen molar-refractivity contribution in [3.8, 4) is 0 Å². The molecule has 1 rings (SSSR count). The van der Waals surface area contributed by atoms with Crippen LogP contribution in [0.5, 0.6) is 0 Å². The summed E-state index contributed by atoms with van der Waals surface area (Å²) >= 11 is -2.61. The summed E-state index contributed by atoms with van der Waals surface area (Å²) in [4.78, 5) is 0. The summed E-state index contributed by atoms with van der Waals surface area (Å²) in [7, 11) is 6.93. The molecule has 1 aliphatic rings. The predicted octanol–water partition coefficient (Wildman–Crippen LogP) is 3.05. The van der Waals surface area contributed by atoms with Crippen LogP contribution in [0.4, 0.5) is 0 Å². The van der Waals surface area contributed by atoms with Gasteiger partial charge in [0.1, 0.15) is 0 Å². The van der Waals surface area contributed by atoms with Gasteiger partial charge in [-0.3, -0.25) is 0 Å². The molecule has 0 spiro atoms. The van der Waals surface area contributed by atoms with Crippen LogP contribution in [0.1, 0.15) is 27.7 Å². The first-order valence-electron chi connectivity index (χ1n) is 7.41. The normalized spacial score (nSPS) is 18.2. The van der Waals surface area contributed by atoms with Gasteiger partial charge in [0.15, 0.2) is 0 Å². The molecule has 110 valence electrons. The molecular formula is C15H31N3Ti. The second-order valence-corrected chi connectivity index (χ2v) is 12.9. The van der Waals surface area contributed by atoms with Gasteiger partial charge in [-0.25, -0.2) is 0 Å². The Morgan fingerprint density at radius 1 is 0.789 bits per heavy atom. The standard InChI is InChI=1S/C6H7.3C3H8N.Ti/c1-6-4-2-3-5-6;3*1-3-4-2;/h2-5H,1H3;3*3H2,1-2H3;/q;3*-1;+3. The molecule has 3 nitrogen and oxygen atoms in total. The fraction of sp³-hybridized carbons (Fsp3) is 0.733. The van der Waals surface area contributed by atoms with Crippen molar-refractivity contribution < 1.29 is 17.4 Å². The fourth-order valence-corrected chi connectivity index (χ4v) is 13.2. The Balaban J connectivity index is 3.43. The van der Waals surface area contributed by atoms with E-state index in [1.807, 2.05) is 0 Å². The molecule has 0 bridgehead atoms. The zero-order valence-electron chi connectivity index (χ0n) is 13.8. The topological polar surface area (TPSA) is 9.72 Å². The summed E-state index contributed by atoms with van der Waals surface area (Å²) in [6.07, 6.45) is 9.27. The molecule has 0 atom stereocenters. The second kappa shape index (κ2) is 6.69. The van der Waals surface area contributed by atoms with E-state index in [0.717, 1.165) is 19.6 Å². The Morgan fingerprint density at radius 3 is 1.37 bits per heavy atom. The summed E-state index contributed by atoms with van der Waals surface area (Å²) in [5.74, 6) is 0. The van der Waals surface area contributed by atoms with E-state index in [4.69, 9.17) is 0 Å². The number of allylic oxidation sites excluding steroid dienone is 4. The predicted molar refractivity (Wildman–Crippen MR) is 81.6 cm³/mol. The van der Waals surface area contributed by atoms with Gasteiger partial charge in [-0.2, -0.15) is 0 Å². The van der Waals surface area contributed by atoms with Gasteiger partial charge in [0.25, 0.3) is 0 Å². The first-order chi connectivity index (χ1) is 8.90. The molecule has 0 aromatic carbocycles. The molecule has 0 amide bonds. The van der Waals surface area contributed by atoms with E-state index in [-0.39, 0.29) is 3.72 Å². The summed E-state index contributed by atoms with van der Waals surface area (Å²) in [6, 6.07) is 0. The molecule has 0 saturated carbocycles. The van der Waals surface area contributed by atoms with E-state index >= 15 is 0 Å². The molecule has 0 unspecified atom stereocenters. The first kappa shape index (κ1) is 17.1. The van der Waals surface area contributed by atoms with E-state index in [2.05, 4.69) is 83.3 Å². The van der Waals surface area contributed by atoms with Crippen molar-refractivity contribution in [1.29, 1.82) is 0 Å². The van der Waals surface area contributed by atoms with Crippen molar-refractivity contribution in [2.24, 2.45) is 0 Å². The molecule has 0 heterocycles. The van der Waals surface area contributed by atoms with Crippen LogP contribution in [0.15, 0.2) is 24.3 Å². The SMILES string of the molecule is CC[N](C)[Ti]([N](C)CC)([N](C)CC)[C]1(C)C=CC=C1. The first-order valence-corrected chi connectivity index (χ1v) is 10.3. The van der Waals surface area contributed by atoms with Crippen molar-refractivity contribution >= 4 is 0 Å². The fourth-order valence-electron chi connectivity index (χ4n) is 3.56. The van der Waals surface area contributed by atoms with E-state index in [1.54, 1.807) is 0 Å². The second-order valence-electron chi connectivity index (χ2n) is 5.68. The van der Waals surface area contributed by atoms with Crippen LogP contribution < -0.4 is 0 Å². The molecule has 0 radical (unpaired) electrons. The number of hydrogen-bond acceptors (Lipinski definition) is 3. The molecule has 0 N–H and O–H groups in total. The van der Waals surface area contributed by atoms with Crippen molar-refractivity contribution in [2.75, 3.05) is 40.8 Å². The number of hydrogen-bond donors (Lipinski definition) is 0. The number of nitrogens with zero attached hydrogens (tertiary/aromatic N) is 3. The van der Waals surface area contributed by atoms with Gasteiger partial charge in [-0.15, -0.1) is 0 Å². The Morgan fingerprint density at radius 2 is 1.11 bits per heavy atom. The molecule has 0 fully saturated rings. The molecule has 0 saturated heterocycles. The molecule has 0 aromatic rings. The number of rotatable bonds is 7. The van der Waals surface area contributed by atoms with Crippen LogP contribution in [0.25, 0.3) is 0 Å². The van der Waals surface area contributed by atoms with Crippen molar-refractivity contribution in [1.82, 2.24) is 10.1 Å². The molecule has 1 aliphatic carbocycles. The minimum atomic E-state index is -2.61. The van der Waals surface area contributed by atoms with Gasteiger partial charge in [0, 0.05) is 0 Å². The third-order valence-corrected chi connectivity index (χ3v) is 14.0. The van der Waals surface area contributed by atoms with E-state index < -0.39 is 17.4 Å². The van der Waals surface area contributed by atoms with Gasteiger partial charge in [0.2, 0.25) is 0 Å². The van der Waals surface area contributed by atoms with Gasteiger partial charge >= 0.3 is 124 Å². The minimum absolute atomic E-state index is 0.181. The van der Waals surface area contributed by atoms with Crippen molar-refractivity contribution in [3.05, 3.63) is 24.3 Å². The van der Waals surface area contributed by atoms with E-state index in [9.17, 15) is 0 Å². The van der Waals surface area contributed by atoms with Crippen LogP contribution in [0.3, 0.4) is 0 Å². The van der Waals surface area contributed by atoms with Crippen molar-refractivity contribution in [2.45, 2.75) is 31.4 Å². The van der Waals surface area contributed by atoms with Crippen LogP contribution in [0, 0.1) is 0 Å². The van der Waals surface area contributed by atoms with Crippen LogP contribution in [-0.2, 0) is 17.4 Å². The van der Waals surface area contributed by atoms with Crippen LogP contribution in [-0.4, -0.2) is 50.9 Å². The zero-order valence-corrected chi connectivity index (χ0v) is 15.3. The van der Waals surface area contributed by atoms with E-state index in [0.29, 0.717) is 0 Å². The Kier molecular flexibility index (Phi) is 6.03. The summed E-state index contributed by atoms with van der Waals surface area (Å²) in [5, 5.41) is 0. The Hall–Kier alpha value is 0.0743. The quantitative estimate of drug-likeness (QED) is 0.669. The maximum atomic E-state index is 2.65. The van der Waals surface area contributed by atoms with Gasteiger partial charge < -0.3 is 0 Å². The third kappa shape index (κ3) is 2.64. The molecular weight excluding hydrogens is 270 g/mol. The average molecular weight is 301 g/mol. The molecule has 19 heavy (non-hydrogen) atoms. The maximum absolute atomic E-state index is 2.65. The molecule has 0 aliphatic heterocycles. The molecule has 0 aromatic heterocycles. The monoisotopic (exact) mass is 301 g/mol. The summed E-state index contributed by atoms with van der Waals surface area (Å²) < 4.78 is 8.12. The van der Waals surface area contributed by atoms with Crippen LogP contribution >= 0.6 is 0 Å². The van der Waals surface area contributed by atoms with Gasteiger partial charge in [-0.05, 0) is 0 Å². The summed E-state index contributed by atoms with van der Waals surface area (Å²) in [6.45, 7) is 12.6. The molecule has 4 heteroatoms. The summed E-state index contributed by atoms with van der Waals surface area (Å²) in [5.41, 5.74) is 0. The Bertz CT molecular complexity index is 313. The van der Waals surface area contributed by atoms with E-state index in [1.165, 1.54) is 0 Å². The van der Waals surface area contributed by atoms with Crippen LogP contribution in [0.2, 0.25) is 3.72 Å². The average Bonchev–Trinajstić information content (AvgIpc) is 2.86. The third-order valence-electron chi connectivity index (χ3n) is 4.74. The van der Waals surface area contributed by atoms with Crippen molar-refractivity contribution in [3.63, 3.8) is 0 Å². The van der Waals surface area contributed by atoms with Gasteiger partial charge in [-0.1, -0.05) is 0 Å². The Labute approximate surface area is 124 Å². The van der Waals surface area contributed by atoms with Gasteiger partial charge in [0.05, 0.1) is 0 Å².